The molecule has 5 heteroatoms. The van der Waals surface area contributed by atoms with Gasteiger partial charge in [-0.1, -0.05) is 12.1 Å². The largest absolute Gasteiger partial charge is 0.343 e. The van der Waals surface area contributed by atoms with Crippen molar-refractivity contribution >= 4 is 17.2 Å². The molecular weight excluding hydrogens is 287 g/mol. The van der Waals surface area contributed by atoms with Crippen molar-refractivity contribution in [1.82, 2.24) is 9.88 Å². The van der Waals surface area contributed by atoms with Crippen LogP contribution in [0.25, 0.3) is 10.6 Å². The van der Waals surface area contributed by atoms with Gasteiger partial charge in [-0.3, -0.25) is 4.79 Å². The van der Waals surface area contributed by atoms with E-state index in [-0.39, 0.29) is 11.7 Å². The Bertz CT molecular complexity index is 608. The molecule has 0 aliphatic carbocycles. The zero-order valence-electron chi connectivity index (χ0n) is 12.3. The van der Waals surface area contributed by atoms with Gasteiger partial charge < -0.3 is 4.90 Å². The molecule has 21 heavy (non-hydrogen) atoms. The summed E-state index contributed by atoms with van der Waals surface area (Å²) < 4.78 is 13.7. The molecule has 0 aliphatic rings. The maximum atomic E-state index is 13.7. The monoisotopic (exact) mass is 306 g/mol. The number of rotatable bonds is 6. The van der Waals surface area contributed by atoms with E-state index in [1.165, 1.54) is 17.4 Å². The smallest absolute Gasteiger partial charge is 0.222 e. The van der Waals surface area contributed by atoms with Crippen LogP contribution in [0.2, 0.25) is 0 Å². The van der Waals surface area contributed by atoms with Gasteiger partial charge in [-0.05, 0) is 32.4 Å². The van der Waals surface area contributed by atoms with Crippen LogP contribution in [0.5, 0.6) is 0 Å². The van der Waals surface area contributed by atoms with Crippen LogP contribution in [0, 0.1) is 5.82 Å². The molecule has 0 fully saturated rings. The van der Waals surface area contributed by atoms with Gasteiger partial charge in [0.25, 0.3) is 0 Å². The van der Waals surface area contributed by atoms with E-state index in [1.54, 1.807) is 18.2 Å². The fourth-order valence-corrected chi connectivity index (χ4v) is 3.03. The Morgan fingerprint density at radius 2 is 2.00 bits per heavy atom. The maximum Gasteiger partial charge on any atom is 0.222 e. The van der Waals surface area contributed by atoms with Gasteiger partial charge in [-0.15, -0.1) is 11.3 Å². The molecule has 0 aliphatic heterocycles. The predicted molar refractivity (Wildman–Crippen MR) is 83.8 cm³/mol. The first-order valence-electron chi connectivity index (χ1n) is 7.12. The average Bonchev–Trinajstić information content (AvgIpc) is 2.95. The lowest BCUT2D eigenvalue weighted by Gasteiger charge is -2.17. The van der Waals surface area contributed by atoms with Crippen molar-refractivity contribution in [2.45, 2.75) is 26.7 Å². The summed E-state index contributed by atoms with van der Waals surface area (Å²) in [5.74, 6) is -0.127. The number of aromatic nitrogens is 1. The minimum atomic E-state index is -0.266. The van der Waals surface area contributed by atoms with E-state index in [0.717, 1.165) is 18.8 Å². The standard InChI is InChI=1S/C16H19FN2OS/c1-3-19(4-2)15(20)10-9-12-11-21-16(18-12)13-7-5-6-8-14(13)17/h5-8,11H,3-4,9-10H2,1-2H3. The average molecular weight is 306 g/mol. The first-order valence-corrected chi connectivity index (χ1v) is 8.00. The van der Waals surface area contributed by atoms with Crippen LogP contribution in [0.15, 0.2) is 29.6 Å². The van der Waals surface area contributed by atoms with Crippen molar-refractivity contribution in [2.24, 2.45) is 0 Å². The number of nitrogens with zero attached hydrogens (tertiary/aromatic N) is 2. The molecule has 0 unspecified atom stereocenters. The van der Waals surface area contributed by atoms with E-state index < -0.39 is 0 Å². The second kappa shape index (κ2) is 7.31. The summed E-state index contributed by atoms with van der Waals surface area (Å²) in [5.41, 5.74) is 1.36. The van der Waals surface area contributed by atoms with E-state index in [9.17, 15) is 9.18 Å². The fraction of sp³-hybridized carbons (Fsp3) is 0.375. The number of hydrogen-bond donors (Lipinski definition) is 0. The normalized spacial score (nSPS) is 10.6. The lowest BCUT2D eigenvalue weighted by atomic mass is 10.2. The van der Waals surface area contributed by atoms with E-state index in [1.807, 2.05) is 24.1 Å². The second-order valence-electron chi connectivity index (χ2n) is 4.69. The molecular formula is C16H19FN2OS. The Morgan fingerprint density at radius 1 is 1.29 bits per heavy atom. The lowest BCUT2D eigenvalue weighted by Crippen LogP contribution is -2.30. The van der Waals surface area contributed by atoms with E-state index in [4.69, 9.17) is 0 Å². The maximum absolute atomic E-state index is 13.7. The molecule has 0 saturated heterocycles. The van der Waals surface area contributed by atoms with Gasteiger partial charge in [-0.2, -0.15) is 0 Å². The molecule has 0 N–H and O–H groups in total. The molecule has 1 amide bonds. The number of aryl methyl sites for hydroxylation is 1. The summed E-state index contributed by atoms with van der Waals surface area (Å²) in [7, 11) is 0. The van der Waals surface area contributed by atoms with Gasteiger partial charge in [0.05, 0.1) is 5.69 Å². The van der Waals surface area contributed by atoms with E-state index in [0.29, 0.717) is 23.4 Å². The Labute approximate surface area is 128 Å². The minimum absolute atomic E-state index is 0.139. The molecule has 0 saturated carbocycles. The summed E-state index contributed by atoms with van der Waals surface area (Å²) in [5, 5.41) is 2.57. The lowest BCUT2D eigenvalue weighted by molar-refractivity contribution is -0.130. The second-order valence-corrected chi connectivity index (χ2v) is 5.55. The first-order chi connectivity index (χ1) is 10.2. The number of hydrogen-bond acceptors (Lipinski definition) is 3. The highest BCUT2D eigenvalue weighted by molar-refractivity contribution is 7.13. The molecule has 2 aromatic rings. The molecule has 0 spiro atoms. The summed E-state index contributed by atoms with van der Waals surface area (Å²) in [6, 6.07) is 6.61. The van der Waals surface area contributed by atoms with E-state index in [2.05, 4.69) is 4.98 Å². The van der Waals surface area contributed by atoms with Gasteiger partial charge >= 0.3 is 0 Å². The molecule has 1 aromatic carbocycles. The molecule has 3 nitrogen and oxygen atoms in total. The van der Waals surface area contributed by atoms with Crippen LogP contribution in [-0.2, 0) is 11.2 Å². The molecule has 2 rings (SSSR count). The summed E-state index contributed by atoms with van der Waals surface area (Å²) in [4.78, 5) is 18.2. The molecule has 1 aromatic heterocycles. The number of carbonyl (C=O) groups is 1. The van der Waals surface area contributed by atoms with Gasteiger partial charge in [-0.25, -0.2) is 9.37 Å². The third-order valence-corrected chi connectivity index (χ3v) is 4.29. The SMILES string of the molecule is CCN(CC)C(=O)CCc1csc(-c2ccccc2F)n1. The highest BCUT2D eigenvalue weighted by atomic mass is 32.1. The molecule has 0 radical (unpaired) electrons. The number of amides is 1. The summed E-state index contributed by atoms with van der Waals surface area (Å²) in [6.07, 6.45) is 1.04. The van der Waals surface area contributed by atoms with Crippen molar-refractivity contribution in [3.63, 3.8) is 0 Å². The predicted octanol–water partition coefficient (Wildman–Crippen LogP) is 3.75. The van der Waals surface area contributed by atoms with Crippen LogP contribution in [0.3, 0.4) is 0 Å². The number of halogens is 1. The van der Waals surface area contributed by atoms with Gasteiger partial charge in [0.2, 0.25) is 5.91 Å². The van der Waals surface area contributed by atoms with Crippen LogP contribution < -0.4 is 0 Å². The Morgan fingerprint density at radius 3 is 2.67 bits per heavy atom. The molecule has 0 atom stereocenters. The van der Waals surface area contributed by atoms with Crippen molar-refractivity contribution in [2.75, 3.05) is 13.1 Å². The zero-order chi connectivity index (χ0) is 15.2. The highest BCUT2D eigenvalue weighted by Crippen LogP contribution is 2.26. The van der Waals surface area contributed by atoms with Gasteiger partial charge in [0.1, 0.15) is 10.8 Å². The quantitative estimate of drug-likeness (QED) is 0.814. The summed E-state index contributed by atoms with van der Waals surface area (Å²) in [6.45, 7) is 5.40. The topological polar surface area (TPSA) is 33.2 Å². The van der Waals surface area contributed by atoms with Crippen molar-refractivity contribution < 1.29 is 9.18 Å². The minimum Gasteiger partial charge on any atom is -0.343 e. The third kappa shape index (κ3) is 3.88. The van der Waals surface area contributed by atoms with E-state index >= 15 is 0 Å². The molecule has 0 bridgehead atoms. The first kappa shape index (κ1) is 15.6. The van der Waals surface area contributed by atoms with Gasteiger partial charge in [0.15, 0.2) is 0 Å². The van der Waals surface area contributed by atoms with Crippen LogP contribution in [0.1, 0.15) is 26.0 Å². The van der Waals surface area contributed by atoms with Crippen molar-refractivity contribution in [3.8, 4) is 10.6 Å². The van der Waals surface area contributed by atoms with Crippen LogP contribution >= 0.6 is 11.3 Å². The van der Waals surface area contributed by atoms with Crippen molar-refractivity contribution in [3.05, 3.63) is 41.2 Å². The number of benzene rings is 1. The van der Waals surface area contributed by atoms with Crippen LogP contribution in [-0.4, -0.2) is 28.9 Å². The molecule has 112 valence electrons. The fourth-order valence-electron chi connectivity index (χ4n) is 2.15. The van der Waals surface area contributed by atoms with Crippen molar-refractivity contribution in [1.29, 1.82) is 0 Å². The molecule has 1 heterocycles. The Hall–Kier alpha value is -1.75. The summed E-state index contributed by atoms with van der Waals surface area (Å²) >= 11 is 1.41. The number of thiazole rings is 1. The Balaban J connectivity index is 2.01. The highest BCUT2D eigenvalue weighted by Gasteiger charge is 2.12. The third-order valence-electron chi connectivity index (χ3n) is 3.37. The van der Waals surface area contributed by atoms with Crippen LogP contribution in [0.4, 0.5) is 4.39 Å². The number of carbonyl (C=O) groups excluding carboxylic acids is 1. The van der Waals surface area contributed by atoms with Gasteiger partial charge in [0, 0.05) is 30.5 Å². The Kier molecular flexibility index (Phi) is 5.44. The zero-order valence-corrected chi connectivity index (χ0v) is 13.1.